The Hall–Kier alpha value is -0.830. The number of alkyl halides is 1. The fourth-order valence-corrected chi connectivity index (χ4v) is 1.25. The standard InChI is InChI=1S/C9H10BrNO/c1-7(12)8-3-2-4-9(5-8)11-6-10/h2-5,11H,6H2,1H3. The Morgan fingerprint density at radius 3 is 2.92 bits per heavy atom. The van der Waals surface area contributed by atoms with Gasteiger partial charge in [-0.15, -0.1) is 0 Å². The van der Waals surface area contributed by atoms with Crippen LogP contribution in [0.5, 0.6) is 0 Å². The van der Waals surface area contributed by atoms with Crippen LogP contribution in [0, 0.1) is 0 Å². The van der Waals surface area contributed by atoms with Crippen LogP contribution in [-0.4, -0.2) is 11.2 Å². The maximum absolute atomic E-state index is 11.0. The number of rotatable bonds is 3. The molecule has 0 bridgehead atoms. The van der Waals surface area contributed by atoms with Crippen molar-refractivity contribution in [2.45, 2.75) is 6.92 Å². The zero-order chi connectivity index (χ0) is 8.97. The molecule has 0 radical (unpaired) electrons. The first-order valence-electron chi connectivity index (χ1n) is 3.65. The van der Waals surface area contributed by atoms with Gasteiger partial charge in [-0.1, -0.05) is 28.1 Å². The van der Waals surface area contributed by atoms with E-state index >= 15 is 0 Å². The molecule has 1 aromatic carbocycles. The van der Waals surface area contributed by atoms with Crippen molar-refractivity contribution in [2.24, 2.45) is 0 Å². The van der Waals surface area contributed by atoms with Crippen LogP contribution in [-0.2, 0) is 0 Å². The van der Waals surface area contributed by atoms with Crippen molar-refractivity contribution in [1.82, 2.24) is 0 Å². The van der Waals surface area contributed by atoms with E-state index in [0.717, 1.165) is 11.3 Å². The zero-order valence-corrected chi connectivity index (χ0v) is 8.39. The molecule has 0 aliphatic heterocycles. The molecule has 0 aliphatic carbocycles. The molecule has 0 saturated heterocycles. The van der Waals surface area contributed by atoms with E-state index in [1.807, 2.05) is 24.3 Å². The molecule has 0 unspecified atom stereocenters. The fourth-order valence-electron chi connectivity index (χ4n) is 0.925. The van der Waals surface area contributed by atoms with Crippen molar-refractivity contribution >= 4 is 27.4 Å². The van der Waals surface area contributed by atoms with Gasteiger partial charge in [0.2, 0.25) is 0 Å². The number of carbonyl (C=O) groups is 1. The van der Waals surface area contributed by atoms with Gasteiger partial charge in [0.15, 0.2) is 5.78 Å². The summed E-state index contributed by atoms with van der Waals surface area (Å²) in [4.78, 5) is 11.0. The van der Waals surface area contributed by atoms with E-state index in [-0.39, 0.29) is 5.78 Å². The number of benzene rings is 1. The molecule has 1 aromatic rings. The molecular formula is C9H10BrNO. The van der Waals surface area contributed by atoms with E-state index in [1.165, 1.54) is 0 Å². The molecule has 64 valence electrons. The number of anilines is 1. The average molecular weight is 228 g/mol. The van der Waals surface area contributed by atoms with Gasteiger partial charge in [-0.2, -0.15) is 0 Å². The molecule has 0 aliphatic rings. The van der Waals surface area contributed by atoms with E-state index in [2.05, 4.69) is 21.2 Å². The highest BCUT2D eigenvalue weighted by molar-refractivity contribution is 9.09. The summed E-state index contributed by atoms with van der Waals surface area (Å²) in [6.07, 6.45) is 0. The van der Waals surface area contributed by atoms with Gasteiger partial charge in [-0.25, -0.2) is 0 Å². The lowest BCUT2D eigenvalue weighted by Crippen LogP contribution is -1.97. The fraction of sp³-hybridized carbons (Fsp3) is 0.222. The number of hydrogen-bond donors (Lipinski definition) is 1. The first-order valence-corrected chi connectivity index (χ1v) is 4.77. The molecule has 2 nitrogen and oxygen atoms in total. The van der Waals surface area contributed by atoms with E-state index in [9.17, 15) is 4.79 Å². The number of Topliss-reactive ketones (excluding diaryl/α,β-unsaturated/α-hetero) is 1. The summed E-state index contributed by atoms with van der Waals surface area (Å²) in [5.74, 6) is 0.0909. The first-order chi connectivity index (χ1) is 5.74. The molecule has 12 heavy (non-hydrogen) atoms. The molecule has 1 N–H and O–H groups in total. The van der Waals surface area contributed by atoms with Crippen molar-refractivity contribution in [3.8, 4) is 0 Å². The SMILES string of the molecule is CC(=O)c1cccc(NCBr)c1. The van der Waals surface area contributed by atoms with Gasteiger partial charge in [-0.05, 0) is 19.1 Å². The number of nitrogens with one attached hydrogen (secondary N) is 1. The number of carbonyl (C=O) groups excluding carboxylic acids is 1. The van der Waals surface area contributed by atoms with E-state index in [1.54, 1.807) is 6.92 Å². The molecule has 0 spiro atoms. The van der Waals surface area contributed by atoms with Crippen LogP contribution in [0.4, 0.5) is 5.69 Å². The highest BCUT2D eigenvalue weighted by Gasteiger charge is 1.98. The predicted molar refractivity (Wildman–Crippen MR) is 53.9 cm³/mol. The summed E-state index contributed by atoms with van der Waals surface area (Å²) in [6.45, 7) is 1.56. The van der Waals surface area contributed by atoms with Gasteiger partial charge in [0.1, 0.15) is 0 Å². The van der Waals surface area contributed by atoms with Crippen molar-refractivity contribution in [3.63, 3.8) is 0 Å². The largest absolute Gasteiger partial charge is 0.375 e. The molecule has 0 saturated carbocycles. The lowest BCUT2D eigenvalue weighted by atomic mass is 10.1. The van der Waals surface area contributed by atoms with E-state index < -0.39 is 0 Å². The quantitative estimate of drug-likeness (QED) is 0.489. The smallest absolute Gasteiger partial charge is 0.159 e. The molecule has 3 heteroatoms. The van der Waals surface area contributed by atoms with Crippen molar-refractivity contribution in [2.75, 3.05) is 10.8 Å². The minimum absolute atomic E-state index is 0.0909. The van der Waals surface area contributed by atoms with Crippen LogP contribution in [0.3, 0.4) is 0 Å². The van der Waals surface area contributed by atoms with E-state index in [4.69, 9.17) is 0 Å². The molecule has 0 amide bonds. The Morgan fingerprint density at radius 1 is 1.58 bits per heavy atom. The highest BCUT2D eigenvalue weighted by Crippen LogP contribution is 2.10. The lowest BCUT2D eigenvalue weighted by Gasteiger charge is -2.02. The van der Waals surface area contributed by atoms with Crippen molar-refractivity contribution in [3.05, 3.63) is 29.8 Å². The van der Waals surface area contributed by atoms with Crippen LogP contribution in [0.15, 0.2) is 24.3 Å². The molecule has 0 aromatic heterocycles. The van der Waals surface area contributed by atoms with Gasteiger partial charge in [0, 0.05) is 11.3 Å². The summed E-state index contributed by atoms with van der Waals surface area (Å²) in [7, 11) is 0. The Morgan fingerprint density at radius 2 is 2.33 bits per heavy atom. The van der Waals surface area contributed by atoms with E-state index in [0.29, 0.717) is 5.45 Å². The normalized spacial score (nSPS) is 9.50. The second-order valence-corrected chi connectivity index (χ2v) is 3.01. The third-order valence-corrected chi connectivity index (χ3v) is 1.82. The molecule has 0 fully saturated rings. The van der Waals surface area contributed by atoms with Gasteiger partial charge < -0.3 is 5.32 Å². The van der Waals surface area contributed by atoms with Crippen LogP contribution in [0.2, 0.25) is 0 Å². The molecule has 0 atom stereocenters. The maximum Gasteiger partial charge on any atom is 0.159 e. The minimum Gasteiger partial charge on any atom is -0.375 e. The lowest BCUT2D eigenvalue weighted by molar-refractivity contribution is 0.101. The third-order valence-electron chi connectivity index (χ3n) is 1.54. The summed E-state index contributed by atoms with van der Waals surface area (Å²) in [5, 5.41) is 3.07. The second kappa shape index (κ2) is 4.26. The summed E-state index contributed by atoms with van der Waals surface area (Å²) in [5.41, 5.74) is 2.38. The summed E-state index contributed by atoms with van der Waals surface area (Å²) in [6, 6.07) is 7.43. The highest BCUT2D eigenvalue weighted by atomic mass is 79.9. The number of hydrogen-bond acceptors (Lipinski definition) is 2. The summed E-state index contributed by atoms with van der Waals surface area (Å²) < 4.78 is 0. The summed E-state index contributed by atoms with van der Waals surface area (Å²) >= 11 is 3.25. The van der Waals surface area contributed by atoms with Crippen LogP contribution >= 0.6 is 15.9 Å². The monoisotopic (exact) mass is 227 g/mol. The number of halogens is 1. The topological polar surface area (TPSA) is 29.1 Å². The van der Waals surface area contributed by atoms with Gasteiger partial charge in [-0.3, -0.25) is 4.79 Å². The van der Waals surface area contributed by atoms with Crippen molar-refractivity contribution in [1.29, 1.82) is 0 Å². The molecular weight excluding hydrogens is 218 g/mol. The predicted octanol–water partition coefficient (Wildman–Crippen LogP) is 2.65. The van der Waals surface area contributed by atoms with Crippen LogP contribution in [0.1, 0.15) is 17.3 Å². The Labute approximate surface area is 80.1 Å². The maximum atomic E-state index is 11.0. The van der Waals surface area contributed by atoms with Crippen molar-refractivity contribution < 1.29 is 4.79 Å². The Kier molecular flexibility index (Phi) is 3.29. The Balaban J connectivity index is 2.88. The molecule has 0 heterocycles. The second-order valence-electron chi connectivity index (χ2n) is 2.45. The van der Waals surface area contributed by atoms with Gasteiger partial charge >= 0.3 is 0 Å². The third kappa shape index (κ3) is 2.34. The Bertz CT molecular complexity index is 286. The average Bonchev–Trinajstić information content (AvgIpc) is 2.05. The number of ketones is 1. The zero-order valence-electron chi connectivity index (χ0n) is 6.80. The van der Waals surface area contributed by atoms with Gasteiger partial charge in [0.25, 0.3) is 0 Å². The van der Waals surface area contributed by atoms with Gasteiger partial charge in [0.05, 0.1) is 5.45 Å². The minimum atomic E-state index is 0.0909. The van der Waals surface area contributed by atoms with Crippen LogP contribution in [0.25, 0.3) is 0 Å². The first kappa shape index (κ1) is 9.26. The molecule has 1 rings (SSSR count). The van der Waals surface area contributed by atoms with Crippen LogP contribution < -0.4 is 5.32 Å².